The van der Waals surface area contributed by atoms with E-state index < -0.39 is 0 Å². The van der Waals surface area contributed by atoms with Gasteiger partial charge in [0.25, 0.3) is 0 Å². The van der Waals surface area contributed by atoms with Gasteiger partial charge in [0.2, 0.25) is 0 Å². The number of rotatable bonds is 5. The third kappa shape index (κ3) is 3.89. The van der Waals surface area contributed by atoms with Crippen LogP contribution in [0, 0.1) is 17.2 Å². The highest BCUT2D eigenvalue weighted by Gasteiger charge is 2.13. The molecule has 0 spiro atoms. The van der Waals surface area contributed by atoms with Crippen LogP contribution in [0.3, 0.4) is 0 Å². The summed E-state index contributed by atoms with van der Waals surface area (Å²) in [4.78, 5) is 2.42. The molecular formula is C16H23N3. The summed E-state index contributed by atoms with van der Waals surface area (Å²) in [6.07, 6.45) is 3.47. The molecule has 0 bridgehead atoms. The van der Waals surface area contributed by atoms with Gasteiger partial charge in [-0.1, -0.05) is 13.8 Å². The van der Waals surface area contributed by atoms with Crippen molar-refractivity contribution in [3.05, 3.63) is 24.3 Å². The van der Waals surface area contributed by atoms with Crippen LogP contribution >= 0.6 is 0 Å². The number of nitrogens with one attached hydrogen (secondary N) is 1. The lowest BCUT2D eigenvalue weighted by Gasteiger charge is -2.19. The summed E-state index contributed by atoms with van der Waals surface area (Å²) >= 11 is 0. The minimum atomic E-state index is -0.0994. The van der Waals surface area contributed by atoms with Gasteiger partial charge in [0, 0.05) is 24.5 Å². The van der Waals surface area contributed by atoms with Crippen molar-refractivity contribution in [1.29, 1.82) is 5.26 Å². The summed E-state index contributed by atoms with van der Waals surface area (Å²) < 4.78 is 0. The fourth-order valence-corrected chi connectivity index (χ4v) is 2.56. The number of hydrogen-bond acceptors (Lipinski definition) is 3. The van der Waals surface area contributed by atoms with E-state index in [1.165, 1.54) is 31.6 Å². The van der Waals surface area contributed by atoms with E-state index in [4.69, 9.17) is 5.26 Å². The van der Waals surface area contributed by atoms with Gasteiger partial charge in [0.05, 0.1) is 6.07 Å². The van der Waals surface area contributed by atoms with E-state index in [-0.39, 0.29) is 6.04 Å². The van der Waals surface area contributed by atoms with Gasteiger partial charge in [-0.3, -0.25) is 0 Å². The van der Waals surface area contributed by atoms with E-state index in [9.17, 15) is 0 Å². The fourth-order valence-electron chi connectivity index (χ4n) is 2.56. The maximum atomic E-state index is 9.14. The van der Waals surface area contributed by atoms with Crippen molar-refractivity contribution in [3.8, 4) is 6.07 Å². The van der Waals surface area contributed by atoms with Crippen LogP contribution in [0.25, 0.3) is 0 Å². The van der Waals surface area contributed by atoms with Gasteiger partial charge in [0.15, 0.2) is 0 Å². The molecule has 0 radical (unpaired) electrons. The maximum Gasteiger partial charge on any atom is 0.114 e. The zero-order chi connectivity index (χ0) is 13.7. The molecule has 102 valence electrons. The highest BCUT2D eigenvalue weighted by atomic mass is 15.1. The minimum Gasteiger partial charge on any atom is -0.372 e. The summed E-state index contributed by atoms with van der Waals surface area (Å²) in [7, 11) is 0. The Balaban J connectivity index is 1.96. The SMILES string of the molecule is CC(C)CC(C#N)Nc1ccc(N2CCCC2)cc1. The molecule has 0 aliphatic carbocycles. The van der Waals surface area contributed by atoms with Crippen LogP contribution in [0.1, 0.15) is 33.1 Å². The molecule has 1 atom stereocenters. The molecule has 3 nitrogen and oxygen atoms in total. The van der Waals surface area contributed by atoms with Crippen LogP contribution in [0.2, 0.25) is 0 Å². The molecule has 19 heavy (non-hydrogen) atoms. The van der Waals surface area contributed by atoms with Gasteiger partial charge in [0.1, 0.15) is 6.04 Å². The normalized spacial score (nSPS) is 16.4. The topological polar surface area (TPSA) is 39.1 Å². The maximum absolute atomic E-state index is 9.14. The summed E-state index contributed by atoms with van der Waals surface area (Å²) in [6, 6.07) is 10.7. The van der Waals surface area contributed by atoms with Gasteiger partial charge in [-0.15, -0.1) is 0 Å². The summed E-state index contributed by atoms with van der Waals surface area (Å²) in [6.45, 7) is 6.62. The second-order valence-electron chi connectivity index (χ2n) is 5.70. The number of benzene rings is 1. The fraction of sp³-hybridized carbons (Fsp3) is 0.562. The average Bonchev–Trinajstić information content (AvgIpc) is 2.92. The molecule has 1 aliphatic rings. The first kappa shape index (κ1) is 13.7. The quantitative estimate of drug-likeness (QED) is 0.875. The van der Waals surface area contributed by atoms with Crippen molar-refractivity contribution >= 4 is 11.4 Å². The van der Waals surface area contributed by atoms with Crippen LogP contribution in [0.4, 0.5) is 11.4 Å². The number of nitriles is 1. The molecule has 1 aliphatic heterocycles. The van der Waals surface area contributed by atoms with E-state index in [1.807, 2.05) is 0 Å². The Morgan fingerprint density at radius 3 is 2.37 bits per heavy atom. The van der Waals surface area contributed by atoms with E-state index in [2.05, 4.69) is 54.4 Å². The highest BCUT2D eigenvalue weighted by molar-refractivity contribution is 5.56. The Hall–Kier alpha value is -1.69. The van der Waals surface area contributed by atoms with Gasteiger partial charge < -0.3 is 10.2 Å². The van der Waals surface area contributed by atoms with Crippen molar-refractivity contribution < 1.29 is 0 Å². The van der Waals surface area contributed by atoms with E-state index >= 15 is 0 Å². The molecule has 1 aromatic rings. The van der Waals surface area contributed by atoms with Gasteiger partial charge in [-0.25, -0.2) is 0 Å². The molecule has 1 unspecified atom stereocenters. The van der Waals surface area contributed by atoms with Crippen molar-refractivity contribution in [3.63, 3.8) is 0 Å². The number of anilines is 2. The predicted molar refractivity (Wildman–Crippen MR) is 80.4 cm³/mol. The summed E-state index contributed by atoms with van der Waals surface area (Å²) in [5.41, 5.74) is 2.33. The lowest BCUT2D eigenvalue weighted by molar-refractivity contribution is 0.568. The largest absolute Gasteiger partial charge is 0.372 e. The van der Waals surface area contributed by atoms with Crippen molar-refractivity contribution in [2.24, 2.45) is 5.92 Å². The van der Waals surface area contributed by atoms with Crippen LogP contribution in [0.15, 0.2) is 24.3 Å². The monoisotopic (exact) mass is 257 g/mol. The smallest absolute Gasteiger partial charge is 0.114 e. The first-order chi connectivity index (χ1) is 9.19. The van der Waals surface area contributed by atoms with Crippen LogP contribution < -0.4 is 10.2 Å². The standard InChI is InChI=1S/C16H23N3/c1-13(2)11-15(12-17)18-14-5-7-16(8-6-14)19-9-3-4-10-19/h5-8,13,15,18H,3-4,9-11H2,1-2H3. The zero-order valence-corrected chi connectivity index (χ0v) is 11.9. The minimum absolute atomic E-state index is 0.0994. The van der Waals surface area contributed by atoms with E-state index in [0.29, 0.717) is 5.92 Å². The second kappa shape index (κ2) is 6.47. The van der Waals surface area contributed by atoms with Gasteiger partial charge >= 0.3 is 0 Å². The first-order valence-corrected chi connectivity index (χ1v) is 7.20. The van der Waals surface area contributed by atoms with Crippen molar-refractivity contribution in [2.75, 3.05) is 23.3 Å². The molecule has 1 fully saturated rings. The molecule has 1 heterocycles. The second-order valence-corrected chi connectivity index (χ2v) is 5.70. The lowest BCUT2D eigenvalue weighted by atomic mass is 10.0. The Kier molecular flexibility index (Phi) is 4.68. The Labute approximate surface area is 116 Å². The summed E-state index contributed by atoms with van der Waals surface area (Å²) in [5, 5.41) is 12.4. The Bertz CT molecular complexity index is 424. The molecule has 3 heteroatoms. The molecule has 2 rings (SSSR count). The molecular weight excluding hydrogens is 234 g/mol. The van der Waals surface area contributed by atoms with Crippen LogP contribution in [-0.4, -0.2) is 19.1 Å². The Morgan fingerprint density at radius 1 is 1.21 bits per heavy atom. The molecule has 0 saturated carbocycles. The van der Waals surface area contributed by atoms with Gasteiger partial charge in [-0.05, 0) is 49.4 Å². The molecule has 1 aromatic carbocycles. The first-order valence-electron chi connectivity index (χ1n) is 7.20. The third-order valence-electron chi connectivity index (χ3n) is 3.54. The van der Waals surface area contributed by atoms with Crippen LogP contribution in [-0.2, 0) is 0 Å². The number of hydrogen-bond donors (Lipinski definition) is 1. The van der Waals surface area contributed by atoms with Gasteiger partial charge in [-0.2, -0.15) is 5.26 Å². The Morgan fingerprint density at radius 2 is 1.84 bits per heavy atom. The van der Waals surface area contributed by atoms with Crippen molar-refractivity contribution in [2.45, 2.75) is 39.2 Å². The summed E-state index contributed by atoms with van der Waals surface area (Å²) in [5.74, 6) is 0.529. The molecule has 0 aromatic heterocycles. The van der Waals surface area contributed by atoms with Crippen LogP contribution in [0.5, 0.6) is 0 Å². The van der Waals surface area contributed by atoms with Crippen molar-refractivity contribution in [1.82, 2.24) is 0 Å². The molecule has 1 saturated heterocycles. The zero-order valence-electron chi connectivity index (χ0n) is 11.9. The molecule has 0 amide bonds. The number of nitrogens with zero attached hydrogens (tertiary/aromatic N) is 2. The lowest BCUT2D eigenvalue weighted by Crippen LogP contribution is -2.20. The molecule has 1 N–H and O–H groups in total. The predicted octanol–water partition coefficient (Wildman–Crippen LogP) is 3.64. The highest BCUT2D eigenvalue weighted by Crippen LogP contribution is 2.22. The van der Waals surface area contributed by atoms with E-state index in [0.717, 1.165) is 12.1 Å². The average molecular weight is 257 g/mol. The van der Waals surface area contributed by atoms with E-state index in [1.54, 1.807) is 0 Å². The third-order valence-corrected chi connectivity index (χ3v) is 3.54.